The Morgan fingerprint density at radius 1 is 0.861 bits per heavy atom. The summed E-state index contributed by atoms with van der Waals surface area (Å²) in [5.41, 5.74) is -0.407. The van der Waals surface area contributed by atoms with Crippen molar-refractivity contribution in [2.75, 3.05) is 5.43 Å². The minimum atomic E-state index is -7.80. The fourth-order valence-corrected chi connectivity index (χ4v) is 2.45. The highest BCUT2D eigenvalue weighted by Crippen LogP contribution is 2.61. The van der Waals surface area contributed by atoms with Gasteiger partial charge in [0.25, 0.3) is 0 Å². The molecule has 0 fully saturated rings. The van der Waals surface area contributed by atoms with Crippen LogP contribution in [0.15, 0.2) is 23.3 Å². The molecule has 0 bridgehead atoms. The van der Waals surface area contributed by atoms with Crippen LogP contribution >= 0.6 is 11.6 Å². The van der Waals surface area contributed by atoms with Crippen LogP contribution in [0, 0.1) is 16.3 Å². The van der Waals surface area contributed by atoms with Crippen molar-refractivity contribution in [1.29, 1.82) is 0 Å². The second-order valence-electron chi connectivity index (χ2n) is 6.97. The molecule has 5 N–H and O–H groups in total. The van der Waals surface area contributed by atoms with E-state index in [-0.39, 0.29) is 13.1 Å². The molecule has 0 aliphatic carbocycles. The van der Waals surface area contributed by atoms with Crippen LogP contribution in [0.2, 0.25) is 0 Å². The minimum Gasteiger partial charge on any atom is -0.595 e. The van der Waals surface area contributed by atoms with Gasteiger partial charge >= 0.3 is 35.0 Å². The Morgan fingerprint density at radius 3 is 1.75 bits per heavy atom. The molecule has 208 valence electrons. The molecule has 0 radical (unpaired) electrons. The van der Waals surface area contributed by atoms with Gasteiger partial charge in [-0.3, -0.25) is 5.43 Å². The van der Waals surface area contributed by atoms with Gasteiger partial charge in [-0.1, -0.05) is 6.92 Å². The molecule has 8 nitrogen and oxygen atoms in total. The third-order valence-corrected chi connectivity index (χ3v) is 4.75. The lowest BCUT2D eigenvalue weighted by atomic mass is 9.89. The van der Waals surface area contributed by atoms with Gasteiger partial charge in [0.05, 0.1) is 12.0 Å². The van der Waals surface area contributed by atoms with Crippen molar-refractivity contribution in [2.45, 2.75) is 41.9 Å². The predicted octanol–water partition coefficient (Wildman–Crippen LogP) is 3.54. The number of quaternary nitrogens is 2. The normalized spacial score (nSPS) is 17.3. The molecule has 0 aliphatic rings. The van der Waals surface area contributed by atoms with Crippen LogP contribution in [0.4, 0.5) is 69.7 Å². The molecule has 0 spiro atoms. The smallest absolute Gasteiger partial charge is 0.393 e. The van der Waals surface area contributed by atoms with Crippen molar-refractivity contribution in [3.05, 3.63) is 28.6 Å². The zero-order chi connectivity index (χ0) is 28.7. The number of hydrogen-bond acceptors (Lipinski definition) is 6. The molecule has 36 heavy (non-hydrogen) atoms. The standard InChI is InChI=1S/C15H13ClF12N4O4/c1-6(5-29-30-8-3-2-7(31(33)34)4-9(8)32(35)36)10(17,18)11(19,20)12(21,22)13(23,24)14(25,26)15(16,27)28/h2-6,30-33,35H,1H3. The fourth-order valence-electron chi connectivity index (χ4n) is 2.33. The molecule has 21 heteroatoms. The Balaban J connectivity index is 3.30. The lowest BCUT2D eigenvalue weighted by Gasteiger charge is -2.41. The zero-order valence-corrected chi connectivity index (χ0v) is 17.7. The maximum Gasteiger partial charge on any atom is 0.393 e. The second-order valence-corrected chi connectivity index (χ2v) is 7.44. The highest BCUT2D eigenvalue weighted by Gasteiger charge is 2.90. The molecular weight excluding hydrogens is 564 g/mol. The van der Waals surface area contributed by atoms with Crippen LogP contribution in [0.3, 0.4) is 0 Å². The van der Waals surface area contributed by atoms with E-state index in [2.05, 4.69) is 16.7 Å². The van der Waals surface area contributed by atoms with Gasteiger partial charge < -0.3 is 10.4 Å². The molecular formula is C15H13ClF12N4O4. The molecule has 0 saturated heterocycles. The van der Waals surface area contributed by atoms with E-state index in [4.69, 9.17) is 10.4 Å². The number of hydrogen-bond donors (Lipinski definition) is 5. The van der Waals surface area contributed by atoms with Crippen LogP contribution in [0.1, 0.15) is 6.92 Å². The van der Waals surface area contributed by atoms with Crippen molar-refractivity contribution in [2.24, 2.45) is 11.0 Å². The molecule has 3 atom stereocenters. The molecule has 0 amide bonds. The number of rotatable bonds is 11. The second kappa shape index (κ2) is 9.99. The summed E-state index contributed by atoms with van der Waals surface area (Å²) in [7, 11) is 0. The zero-order valence-electron chi connectivity index (χ0n) is 17.0. The van der Waals surface area contributed by atoms with Crippen molar-refractivity contribution >= 4 is 34.9 Å². The van der Waals surface area contributed by atoms with Gasteiger partial charge in [0.15, 0.2) is 11.4 Å². The third kappa shape index (κ3) is 5.29. The first-order chi connectivity index (χ1) is 15.9. The summed E-state index contributed by atoms with van der Waals surface area (Å²) in [5.74, 6) is -40.1. The highest BCUT2D eigenvalue weighted by molar-refractivity contribution is 6.22. The lowest BCUT2D eigenvalue weighted by molar-refractivity contribution is -0.996. The Bertz CT molecular complexity index is 959. The maximum atomic E-state index is 14.1. The topological polar surface area (TPSA) is 120 Å². The van der Waals surface area contributed by atoms with Crippen molar-refractivity contribution < 1.29 is 73.6 Å². The molecule has 1 aromatic rings. The lowest BCUT2D eigenvalue weighted by Crippen LogP contribution is -3.00. The average molecular weight is 577 g/mol. The van der Waals surface area contributed by atoms with Crippen molar-refractivity contribution in [3.63, 3.8) is 0 Å². The van der Waals surface area contributed by atoms with Gasteiger partial charge in [-0.25, -0.2) is 10.4 Å². The third-order valence-electron chi connectivity index (χ3n) is 4.51. The molecule has 0 aliphatic heterocycles. The Labute approximate surface area is 196 Å². The summed E-state index contributed by atoms with van der Waals surface area (Å²) in [6, 6.07) is 2.03. The van der Waals surface area contributed by atoms with E-state index < -0.39 is 68.4 Å². The summed E-state index contributed by atoms with van der Waals surface area (Å²) >= 11 is 3.60. The van der Waals surface area contributed by atoms with Gasteiger partial charge in [0, 0.05) is 12.3 Å². The van der Waals surface area contributed by atoms with Gasteiger partial charge in [-0.15, -0.1) is 0 Å². The number of benzene rings is 1. The first-order valence-corrected chi connectivity index (χ1v) is 9.11. The van der Waals surface area contributed by atoms with Gasteiger partial charge in [-0.05, 0) is 17.7 Å². The SMILES string of the molecule is CC(C=NNc1ccc([NH+]([O-])O)cc1[NH+]([O-])O)C(F)(F)C(F)(F)C(F)(F)C(F)(F)C(F)(F)C(F)(F)Cl. The van der Waals surface area contributed by atoms with Crippen LogP contribution in [-0.2, 0) is 0 Å². The minimum absolute atomic E-state index is 0.0345. The molecule has 0 saturated carbocycles. The number of anilines is 1. The van der Waals surface area contributed by atoms with Crippen LogP contribution in [0.5, 0.6) is 0 Å². The van der Waals surface area contributed by atoms with E-state index in [1.54, 1.807) is 5.43 Å². The Hall–Kier alpha value is -2.10. The summed E-state index contributed by atoms with van der Waals surface area (Å²) < 4.78 is 161. The summed E-state index contributed by atoms with van der Waals surface area (Å²) in [6.07, 6.45) is -0.340. The summed E-state index contributed by atoms with van der Waals surface area (Å²) in [6.45, 7) is -0.0345. The maximum absolute atomic E-state index is 14.1. The van der Waals surface area contributed by atoms with E-state index >= 15 is 0 Å². The van der Waals surface area contributed by atoms with Crippen LogP contribution < -0.4 is 15.9 Å². The Morgan fingerprint density at radius 2 is 1.33 bits per heavy atom. The van der Waals surface area contributed by atoms with Gasteiger partial charge in [-0.2, -0.15) is 68.2 Å². The first kappa shape index (κ1) is 31.9. The monoisotopic (exact) mass is 576 g/mol. The van der Waals surface area contributed by atoms with E-state index in [9.17, 15) is 63.1 Å². The first-order valence-electron chi connectivity index (χ1n) is 8.73. The Kier molecular flexibility index (Phi) is 8.86. The highest BCUT2D eigenvalue weighted by atomic mass is 35.5. The number of alkyl halides is 13. The number of hydrazone groups is 1. The number of nitrogens with one attached hydrogen (secondary N) is 3. The largest absolute Gasteiger partial charge is 0.595 e. The molecule has 3 unspecified atom stereocenters. The molecule has 1 aromatic carbocycles. The van der Waals surface area contributed by atoms with Crippen LogP contribution in [-0.4, -0.2) is 51.6 Å². The van der Waals surface area contributed by atoms with E-state index in [0.29, 0.717) is 12.1 Å². The molecule has 1 rings (SSSR count). The van der Waals surface area contributed by atoms with E-state index in [1.165, 1.54) is 0 Å². The van der Waals surface area contributed by atoms with Gasteiger partial charge in [0.1, 0.15) is 5.69 Å². The quantitative estimate of drug-likeness (QED) is 0.120. The van der Waals surface area contributed by atoms with E-state index in [1.807, 2.05) is 0 Å². The number of halogens is 13. The molecule has 0 aromatic heterocycles. The predicted molar refractivity (Wildman–Crippen MR) is 94.8 cm³/mol. The number of nitrogens with zero attached hydrogens (tertiary/aromatic N) is 1. The summed E-state index contributed by atoms with van der Waals surface area (Å²) in [5, 5.41) is 32.7. The van der Waals surface area contributed by atoms with Crippen LogP contribution in [0.25, 0.3) is 0 Å². The average Bonchev–Trinajstić information content (AvgIpc) is 2.71. The summed E-state index contributed by atoms with van der Waals surface area (Å²) in [4.78, 5) is 0. The van der Waals surface area contributed by atoms with Gasteiger partial charge in [0.2, 0.25) is 0 Å². The van der Waals surface area contributed by atoms with E-state index in [0.717, 1.165) is 6.07 Å². The molecule has 0 heterocycles. The van der Waals surface area contributed by atoms with Crippen molar-refractivity contribution in [3.8, 4) is 0 Å². The van der Waals surface area contributed by atoms with Crippen molar-refractivity contribution in [1.82, 2.24) is 0 Å². The fraction of sp³-hybridized carbons (Fsp3) is 0.533.